The average molecular weight is 287 g/mol. The van der Waals surface area contributed by atoms with Gasteiger partial charge in [-0.3, -0.25) is 0 Å². The normalized spacial score (nSPS) is 31.2. The molecule has 0 amide bonds. The van der Waals surface area contributed by atoms with Gasteiger partial charge in [0.05, 0.1) is 18.8 Å². The van der Waals surface area contributed by atoms with Gasteiger partial charge in [0.2, 0.25) is 0 Å². The molecule has 2 bridgehead atoms. The molecule has 21 heavy (non-hydrogen) atoms. The van der Waals surface area contributed by atoms with Gasteiger partial charge in [-0.25, -0.2) is 0 Å². The molecule has 3 aliphatic heterocycles. The van der Waals surface area contributed by atoms with Crippen LogP contribution in [-0.2, 0) is 17.6 Å². The topological polar surface area (TPSA) is 30.5 Å². The number of hydrogen-bond donors (Lipinski definition) is 1. The lowest BCUT2D eigenvalue weighted by atomic mass is 9.81. The summed E-state index contributed by atoms with van der Waals surface area (Å²) in [5, 5.41) is 3.55. The number of hydrogen-bond acceptors (Lipinski definition) is 3. The van der Waals surface area contributed by atoms with Crippen LogP contribution in [0.15, 0.2) is 18.2 Å². The second-order valence-corrected chi connectivity index (χ2v) is 6.75. The van der Waals surface area contributed by atoms with Crippen molar-refractivity contribution in [1.29, 1.82) is 0 Å². The number of aryl methyl sites for hydroxylation is 1. The van der Waals surface area contributed by atoms with Crippen LogP contribution in [-0.4, -0.2) is 31.9 Å². The molecule has 1 aromatic rings. The Hall–Kier alpha value is -1.06. The first kappa shape index (κ1) is 13.6. The van der Waals surface area contributed by atoms with Gasteiger partial charge in [0.25, 0.3) is 0 Å². The van der Waals surface area contributed by atoms with Crippen molar-refractivity contribution in [2.45, 2.75) is 56.8 Å². The highest BCUT2D eigenvalue weighted by Gasteiger charge is 2.43. The summed E-state index contributed by atoms with van der Waals surface area (Å²) in [6, 6.07) is 7.30. The van der Waals surface area contributed by atoms with Gasteiger partial charge in [0, 0.05) is 18.4 Å². The first-order valence-electron chi connectivity index (χ1n) is 8.41. The van der Waals surface area contributed by atoms with Crippen molar-refractivity contribution in [3.8, 4) is 5.75 Å². The van der Waals surface area contributed by atoms with Crippen LogP contribution < -0.4 is 10.1 Å². The van der Waals surface area contributed by atoms with Gasteiger partial charge in [0.15, 0.2) is 0 Å². The molecule has 0 aliphatic carbocycles. The van der Waals surface area contributed by atoms with Gasteiger partial charge in [-0.05, 0) is 56.3 Å². The lowest BCUT2D eigenvalue weighted by Gasteiger charge is -2.28. The van der Waals surface area contributed by atoms with E-state index in [0.717, 1.165) is 25.2 Å². The lowest BCUT2D eigenvalue weighted by Crippen LogP contribution is -2.39. The Bertz CT molecular complexity index is 516. The van der Waals surface area contributed by atoms with Crippen molar-refractivity contribution in [3.05, 3.63) is 29.3 Å². The molecule has 114 valence electrons. The van der Waals surface area contributed by atoms with E-state index in [2.05, 4.69) is 30.6 Å². The summed E-state index contributed by atoms with van der Waals surface area (Å²) in [6.07, 6.45) is 8.29. The molecule has 3 heteroatoms. The van der Waals surface area contributed by atoms with Crippen LogP contribution in [0.3, 0.4) is 0 Å². The standard InChI is InChI=1S/C18H25NO2/c1-19-16(15-11-14-4-7-18(15)21-14)5-2-12-3-6-17-13(10-12)8-9-20-17/h3,6,10,14-16,18-19H,2,4-5,7-9,11H2,1H3. The van der Waals surface area contributed by atoms with Crippen molar-refractivity contribution in [1.82, 2.24) is 5.32 Å². The molecule has 0 radical (unpaired) electrons. The Balaban J connectivity index is 1.38. The van der Waals surface area contributed by atoms with E-state index in [1.807, 2.05) is 0 Å². The average Bonchev–Trinajstić information content (AvgIpc) is 3.23. The second kappa shape index (κ2) is 5.62. The van der Waals surface area contributed by atoms with E-state index in [-0.39, 0.29) is 0 Å². The van der Waals surface area contributed by atoms with Crippen molar-refractivity contribution < 1.29 is 9.47 Å². The van der Waals surface area contributed by atoms with Crippen molar-refractivity contribution in [2.75, 3.05) is 13.7 Å². The minimum Gasteiger partial charge on any atom is -0.493 e. The first-order valence-corrected chi connectivity index (χ1v) is 8.41. The van der Waals surface area contributed by atoms with Crippen LogP contribution >= 0.6 is 0 Å². The van der Waals surface area contributed by atoms with Gasteiger partial charge in [-0.15, -0.1) is 0 Å². The van der Waals surface area contributed by atoms with Crippen LogP contribution in [0, 0.1) is 5.92 Å². The Morgan fingerprint density at radius 2 is 2.29 bits per heavy atom. The van der Waals surface area contributed by atoms with Crippen molar-refractivity contribution >= 4 is 0 Å². The third kappa shape index (κ3) is 2.58. The minimum atomic E-state index is 0.515. The molecule has 1 aromatic carbocycles. The molecule has 4 unspecified atom stereocenters. The smallest absolute Gasteiger partial charge is 0.122 e. The summed E-state index contributed by atoms with van der Waals surface area (Å²) in [5.74, 6) is 1.80. The molecule has 1 N–H and O–H groups in total. The maximum Gasteiger partial charge on any atom is 0.122 e. The highest BCUT2D eigenvalue weighted by molar-refractivity contribution is 5.39. The summed E-state index contributed by atoms with van der Waals surface area (Å²) in [7, 11) is 2.10. The summed E-state index contributed by atoms with van der Waals surface area (Å²) in [6.45, 7) is 0.848. The molecule has 3 aliphatic rings. The number of rotatable bonds is 5. The van der Waals surface area contributed by atoms with Crippen LogP contribution in [0.4, 0.5) is 0 Å². The zero-order valence-electron chi connectivity index (χ0n) is 12.8. The van der Waals surface area contributed by atoms with E-state index in [0.29, 0.717) is 24.2 Å². The van der Waals surface area contributed by atoms with Gasteiger partial charge in [-0.1, -0.05) is 12.1 Å². The van der Waals surface area contributed by atoms with E-state index in [4.69, 9.17) is 9.47 Å². The molecule has 0 aromatic heterocycles. The zero-order valence-corrected chi connectivity index (χ0v) is 12.8. The second-order valence-electron chi connectivity index (χ2n) is 6.75. The van der Waals surface area contributed by atoms with E-state index >= 15 is 0 Å². The molecule has 3 heterocycles. The Morgan fingerprint density at radius 3 is 3.05 bits per heavy atom. The van der Waals surface area contributed by atoms with Gasteiger partial charge in [-0.2, -0.15) is 0 Å². The molecule has 4 atom stereocenters. The van der Waals surface area contributed by atoms with Crippen molar-refractivity contribution in [3.63, 3.8) is 0 Å². The maximum absolute atomic E-state index is 6.02. The zero-order chi connectivity index (χ0) is 14.2. The van der Waals surface area contributed by atoms with Gasteiger partial charge in [0.1, 0.15) is 5.75 Å². The monoisotopic (exact) mass is 287 g/mol. The molecule has 0 spiro atoms. The quantitative estimate of drug-likeness (QED) is 0.903. The fourth-order valence-corrected chi connectivity index (χ4v) is 4.39. The summed E-state index contributed by atoms with van der Waals surface area (Å²) >= 11 is 0. The largest absolute Gasteiger partial charge is 0.493 e. The Morgan fingerprint density at radius 1 is 1.33 bits per heavy atom. The van der Waals surface area contributed by atoms with Crippen LogP contribution in [0.5, 0.6) is 5.75 Å². The number of fused-ring (bicyclic) bond motifs is 3. The molecule has 2 fully saturated rings. The fraction of sp³-hybridized carbons (Fsp3) is 0.667. The minimum absolute atomic E-state index is 0.515. The third-order valence-corrected chi connectivity index (χ3v) is 5.54. The molecular formula is C18H25NO2. The predicted molar refractivity (Wildman–Crippen MR) is 82.8 cm³/mol. The highest BCUT2D eigenvalue weighted by Crippen LogP contribution is 2.41. The van der Waals surface area contributed by atoms with Gasteiger partial charge < -0.3 is 14.8 Å². The van der Waals surface area contributed by atoms with Gasteiger partial charge >= 0.3 is 0 Å². The molecular weight excluding hydrogens is 262 g/mol. The SMILES string of the molecule is CNC(CCc1ccc2c(c1)CCO2)C1CC2CCC1O2. The number of benzene rings is 1. The Kier molecular flexibility index (Phi) is 3.64. The molecule has 2 saturated heterocycles. The van der Waals surface area contributed by atoms with Crippen LogP contribution in [0.25, 0.3) is 0 Å². The molecule has 4 rings (SSSR count). The molecule has 3 nitrogen and oxygen atoms in total. The molecule has 0 saturated carbocycles. The fourth-order valence-electron chi connectivity index (χ4n) is 4.39. The van der Waals surface area contributed by atoms with E-state index in [1.54, 1.807) is 0 Å². The summed E-state index contributed by atoms with van der Waals surface area (Å²) in [4.78, 5) is 0. The van der Waals surface area contributed by atoms with E-state index < -0.39 is 0 Å². The van der Waals surface area contributed by atoms with Crippen LogP contribution in [0.1, 0.15) is 36.8 Å². The third-order valence-electron chi connectivity index (χ3n) is 5.54. The summed E-state index contributed by atoms with van der Waals surface area (Å²) < 4.78 is 11.6. The number of nitrogens with one attached hydrogen (secondary N) is 1. The predicted octanol–water partition coefficient (Wildman–Crippen LogP) is 2.71. The highest BCUT2D eigenvalue weighted by atomic mass is 16.5. The number of ether oxygens (including phenoxy) is 2. The first-order chi connectivity index (χ1) is 10.3. The summed E-state index contributed by atoms with van der Waals surface area (Å²) in [5.41, 5.74) is 2.83. The maximum atomic E-state index is 6.02. The van der Waals surface area contributed by atoms with E-state index in [9.17, 15) is 0 Å². The lowest BCUT2D eigenvalue weighted by molar-refractivity contribution is 0.0856. The van der Waals surface area contributed by atoms with E-state index in [1.165, 1.54) is 36.8 Å². The van der Waals surface area contributed by atoms with Crippen LogP contribution in [0.2, 0.25) is 0 Å². The van der Waals surface area contributed by atoms with Crippen molar-refractivity contribution in [2.24, 2.45) is 5.92 Å². The Labute approximate surface area is 127 Å².